The average molecular weight is 383 g/mol. The first-order valence-corrected chi connectivity index (χ1v) is 8.67. The molecular formula is C20H19F2N5O. The standard InChI is InChI=1S/C20H19F2N5O/c1-3-23-18-11-19(25-12(2)24-18)26-14-5-7-15(8-6-14)27-20(28)16-9-4-13(21)10-17(16)22/h4-11H,3H2,1-2H3,(H,27,28)(H2,23,24,25,26). The maximum Gasteiger partial charge on any atom is 0.258 e. The molecular weight excluding hydrogens is 364 g/mol. The van der Waals surface area contributed by atoms with Crippen LogP contribution in [0.1, 0.15) is 23.1 Å². The van der Waals surface area contributed by atoms with Gasteiger partial charge >= 0.3 is 0 Å². The molecule has 1 aromatic heterocycles. The number of aryl methyl sites for hydroxylation is 1. The van der Waals surface area contributed by atoms with Crippen LogP contribution in [0.15, 0.2) is 48.5 Å². The number of carbonyl (C=O) groups excluding carboxylic acids is 1. The van der Waals surface area contributed by atoms with Crippen LogP contribution in [-0.2, 0) is 0 Å². The van der Waals surface area contributed by atoms with E-state index in [4.69, 9.17) is 0 Å². The van der Waals surface area contributed by atoms with E-state index in [-0.39, 0.29) is 5.56 Å². The molecule has 3 rings (SSSR count). The molecule has 0 aliphatic rings. The van der Waals surface area contributed by atoms with Gasteiger partial charge in [-0.25, -0.2) is 18.7 Å². The third-order valence-electron chi connectivity index (χ3n) is 3.79. The van der Waals surface area contributed by atoms with E-state index < -0.39 is 17.5 Å². The third-order valence-corrected chi connectivity index (χ3v) is 3.79. The molecule has 0 unspecified atom stereocenters. The zero-order chi connectivity index (χ0) is 20.1. The molecule has 0 bridgehead atoms. The Kier molecular flexibility index (Phi) is 5.78. The number of hydrogen-bond donors (Lipinski definition) is 3. The van der Waals surface area contributed by atoms with E-state index in [0.29, 0.717) is 23.4 Å². The zero-order valence-electron chi connectivity index (χ0n) is 15.4. The van der Waals surface area contributed by atoms with Crippen molar-refractivity contribution in [3.8, 4) is 0 Å². The maximum atomic E-state index is 13.7. The van der Waals surface area contributed by atoms with Crippen molar-refractivity contribution in [2.45, 2.75) is 13.8 Å². The minimum atomic E-state index is -0.911. The molecule has 0 saturated heterocycles. The van der Waals surface area contributed by atoms with Crippen LogP contribution in [-0.4, -0.2) is 22.4 Å². The van der Waals surface area contributed by atoms with Crippen LogP contribution in [0.4, 0.5) is 31.8 Å². The molecule has 3 N–H and O–H groups in total. The number of rotatable bonds is 6. The fourth-order valence-corrected chi connectivity index (χ4v) is 2.56. The van der Waals surface area contributed by atoms with E-state index >= 15 is 0 Å². The van der Waals surface area contributed by atoms with Crippen molar-refractivity contribution < 1.29 is 13.6 Å². The summed E-state index contributed by atoms with van der Waals surface area (Å²) >= 11 is 0. The molecule has 0 aliphatic carbocycles. The Morgan fingerprint density at radius 2 is 1.64 bits per heavy atom. The van der Waals surface area contributed by atoms with Crippen molar-refractivity contribution in [3.05, 3.63) is 71.6 Å². The monoisotopic (exact) mass is 383 g/mol. The summed E-state index contributed by atoms with van der Waals surface area (Å²) in [4.78, 5) is 20.8. The molecule has 2 aromatic carbocycles. The molecule has 0 fully saturated rings. The number of benzene rings is 2. The fraction of sp³-hybridized carbons (Fsp3) is 0.150. The number of hydrogen-bond acceptors (Lipinski definition) is 5. The lowest BCUT2D eigenvalue weighted by Gasteiger charge is -2.10. The zero-order valence-corrected chi connectivity index (χ0v) is 15.4. The van der Waals surface area contributed by atoms with Gasteiger partial charge in [-0.1, -0.05) is 0 Å². The number of halogens is 2. The quantitative estimate of drug-likeness (QED) is 0.584. The van der Waals surface area contributed by atoms with E-state index in [0.717, 1.165) is 30.2 Å². The van der Waals surface area contributed by atoms with Gasteiger partial charge in [0.25, 0.3) is 5.91 Å². The lowest BCUT2D eigenvalue weighted by atomic mass is 10.2. The Morgan fingerprint density at radius 1 is 0.964 bits per heavy atom. The molecule has 0 radical (unpaired) electrons. The summed E-state index contributed by atoms with van der Waals surface area (Å²) in [6, 6.07) is 11.5. The predicted molar refractivity (Wildman–Crippen MR) is 105 cm³/mol. The molecule has 1 amide bonds. The highest BCUT2D eigenvalue weighted by molar-refractivity contribution is 6.04. The highest BCUT2D eigenvalue weighted by Gasteiger charge is 2.12. The SMILES string of the molecule is CCNc1cc(Nc2ccc(NC(=O)c3ccc(F)cc3F)cc2)nc(C)n1. The Labute approximate surface area is 161 Å². The van der Waals surface area contributed by atoms with Crippen LogP contribution in [0.5, 0.6) is 0 Å². The number of anilines is 4. The van der Waals surface area contributed by atoms with Crippen molar-refractivity contribution in [3.63, 3.8) is 0 Å². The summed E-state index contributed by atoms with van der Waals surface area (Å²) in [7, 11) is 0. The number of carbonyl (C=O) groups is 1. The van der Waals surface area contributed by atoms with E-state index in [2.05, 4.69) is 25.9 Å². The second-order valence-corrected chi connectivity index (χ2v) is 6.00. The molecule has 0 aliphatic heterocycles. The Bertz CT molecular complexity index is 992. The van der Waals surface area contributed by atoms with Crippen LogP contribution in [0.3, 0.4) is 0 Å². The Hall–Kier alpha value is -3.55. The van der Waals surface area contributed by atoms with Crippen molar-refractivity contribution in [2.24, 2.45) is 0 Å². The molecule has 144 valence electrons. The Morgan fingerprint density at radius 3 is 2.32 bits per heavy atom. The summed E-state index contributed by atoms with van der Waals surface area (Å²) in [6.45, 7) is 4.54. The highest BCUT2D eigenvalue weighted by atomic mass is 19.1. The van der Waals surface area contributed by atoms with Crippen molar-refractivity contribution in [1.82, 2.24) is 9.97 Å². The van der Waals surface area contributed by atoms with E-state index in [1.54, 1.807) is 37.3 Å². The van der Waals surface area contributed by atoms with E-state index in [1.807, 2.05) is 6.92 Å². The second-order valence-electron chi connectivity index (χ2n) is 6.00. The topological polar surface area (TPSA) is 78.9 Å². The minimum Gasteiger partial charge on any atom is -0.370 e. The summed E-state index contributed by atoms with van der Waals surface area (Å²) < 4.78 is 26.7. The van der Waals surface area contributed by atoms with Gasteiger partial charge in [0, 0.05) is 30.1 Å². The lowest BCUT2D eigenvalue weighted by Crippen LogP contribution is -2.13. The normalized spacial score (nSPS) is 10.4. The smallest absolute Gasteiger partial charge is 0.258 e. The summed E-state index contributed by atoms with van der Waals surface area (Å²) in [5, 5.41) is 8.88. The molecule has 0 saturated carbocycles. The minimum absolute atomic E-state index is 0.226. The van der Waals surface area contributed by atoms with Gasteiger partial charge in [0.2, 0.25) is 0 Å². The third kappa shape index (κ3) is 4.79. The number of nitrogens with zero attached hydrogens (tertiary/aromatic N) is 2. The van der Waals surface area contributed by atoms with Gasteiger partial charge in [-0.05, 0) is 50.2 Å². The largest absolute Gasteiger partial charge is 0.370 e. The van der Waals surface area contributed by atoms with Gasteiger partial charge in [0.1, 0.15) is 29.1 Å². The molecule has 3 aromatic rings. The molecule has 28 heavy (non-hydrogen) atoms. The van der Waals surface area contributed by atoms with Crippen LogP contribution in [0.2, 0.25) is 0 Å². The first-order chi connectivity index (χ1) is 13.4. The van der Waals surface area contributed by atoms with Gasteiger partial charge < -0.3 is 16.0 Å². The highest BCUT2D eigenvalue weighted by Crippen LogP contribution is 2.20. The molecule has 0 spiro atoms. The van der Waals surface area contributed by atoms with Crippen molar-refractivity contribution in [1.29, 1.82) is 0 Å². The van der Waals surface area contributed by atoms with Gasteiger partial charge in [-0.15, -0.1) is 0 Å². The molecule has 6 nitrogen and oxygen atoms in total. The Balaban J connectivity index is 1.69. The van der Waals surface area contributed by atoms with Crippen LogP contribution < -0.4 is 16.0 Å². The molecule has 0 atom stereocenters. The summed E-state index contributed by atoms with van der Waals surface area (Å²) in [6.07, 6.45) is 0. The predicted octanol–water partition coefficient (Wildman–Crippen LogP) is 4.49. The van der Waals surface area contributed by atoms with Gasteiger partial charge in [0.05, 0.1) is 5.56 Å². The van der Waals surface area contributed by atoms with Crippen molar-refractivity contribution in [2.75, 3.05) is 22.5 Å². The van der Waals surface area contributed by atoms with Crippen LogP contribution in [0.25, 0.3) is 0 Å². The lowest BCUT2D eigenvalue weighted by molar-refractivity contribution is 0.102. The fourth-order valence-electron chi connectivity index (χ4n) is 2.56. The summed E-state index contributed by atoms with van der Waals surface area (Å²) in [5.41, 5.74) is 1.01. The van der Waals surface area contributed by atoms with E-state index in [9.17, 15) is 13.6 Å². The van der Waals surface area contributed by atoms with Gasteiger partial charge in [0.15, 0.2) is 0 Å². The van der Waals surface area contributed by atoms with Gasteiger partial charge in [-0.3, -0.25) is 4.79 Å². The first-order valence-electron chi connectivity index (χ1n) is 8.67. The first kappa shape index (κ1) is 19.2. The van der Waals surface area contributed by atoms with Gasteiger partial charge in [-0.2, -0.15) is 0 Å². The molecule has 8 heteroatoms. The average Bonchev–Trinajstić information content (AvgIpc) is 2.63. The van der Waals surface area contributed by atoms with Crippen LogP contribution in [0, 0.1) is 18.6 Å². The molecule has 1 heterocycles. The summed E-state index contributed by atoms with van der Waals surface area (Å²) in [5.74, 6) is -0.310. The second kappa shape index (κ2) is 8.43. The number of aromatic nitrogens is 2. The number of amides is 1. The van der Waals surface area contributed by atoms with Crippen LogP contribution >= 0.6 is 0 Å². The number of nitrogens with one attached hydrogen (secondary N) is 3. The van der Waals surface area contributed by atoms with E-state index in [1.165, 1.54) is 0 Å². The van der Waals surface area contributed by atoms with Crippen molar-refractivity contribution >= 4 is 28.9 Å². The maximum absolute atomic E-state index is 13.7.